The van der Waals surface area contributed by atoms with Crippen molar-refractivity contribution in [1.82, 2.24) is 4.98 Å². The number of anilines is 2. The molecule has 6 nitrogen and oxygen atoms in total. The number of halogens is 4. The van der Waals surface area contributed by atoms with Crippen molar-refractivity contribution < 1.29 is 31.8 Å². The molecule has 1 aromatic heterocycles. The molecule has 11 heteroatoms. The Morgan fingerprint density at radius 3 is 2.50 bits per heavy atom. The van der Waals surface area contributed by atoms with Crippen molar-refractivity contribution >= 4 is 28.7 Å². The minimum atomic E-state index is -4.82. The van der Waals surface area contributed by atoms with E-state index in [-0.39, 0.29) is 17.9 Å². The lowest BCUT2D eigenvalue weighted by atomic mass is 10.2. The van der Waals surface area contributed by atoms with Crippen LogP contribution in [0.15, 0.2) is 23.7 Å². The molecule has 3 rings (SSSR count). The van der Waals surface area contributed by atoms with Crippen molar-refractivity contribution in [1.29, 1.82) is 0 Å². The number of fused-ring (bicyclic) bond motifs is 1. The number of carbonyl (C=O) groups excluding carboxylic acids is 1. The van der Waals surface area contributed by atoms with Gasteiger partial charge < -0.3 is 20.5 Å². The first-order chi connectivity index (χ1) is 11.2. The Bertz CT molecular complexity index is 797. The molecule has 0 saturated carbocycles. The van der Waals surface area contributed by atoms with Crippen molar-refractivity contribution in [2.45, 2.75) is 18.6 Å². The van der Waals surface area contributed by atoms with Crippen molar-refractivity contribution in [2.75, 3.05) is 11.1 Å². The number of alkyl halides is 4. The molecule has 2 heterocycles. The Labute approximate surface area is 136 Å². The van der Waals surface area contributed by atoms with Crippen molar-refractivity contribution in [3.63, 3.8) is 0 Å². The van der Waals surface area contributed by atoms with Gasteiger partial charge in [-0.15, -0.1) is 11.3 Å². The van der Waals surface area contributed by atoms with Crippen molar-refractivity contribution in [2.24, 2.45) is 0 Å². The normalized spacial score (nSPS) is 17.3. The Morgan fingerprint density at radius 1 is 1.21 bits per heavy atom. The lowest BCUT2D eigenvalue weighted by Crippen LogP contribution is -2.52. The molecule has 1 aliphatic rings. The summed E-state index contributed by atoms with van der Waals surface area (Å²) in [6, 6.07) is 3.18. The molecule has 0 radical (unpaired) electrons. The van der Waals surface area contributed by atoms with Crippen LogP contribution in [0.2, 0.25) is 0 Å². The van der Waals surface area contributed by atoms with Crippen LogP contribution in [-0.4, -0.2) is 23.1 Å². The highest BCUT2D eigenvalue weighted by molar-refractivity contribution is 7.10. The van der Waals surface area contributed by atoms with Gasteiger partial charge in [-0.3, -0.25) is 4.79 Å². The molecule has 0 spiro atoms. The second-order valence-electron chi connectivity index (χ2n) is 4.78. The van der Waals surface area contributed by atoms with Gasteiger partial charge in [-0.2, -0.15) is 17.6 Å². The molecule has 1 aliphatic heterocycles. The molecule has 128 valence electrons. The van der Waals surface area contributed by atoms with Crippen LogP contribution >= 0.6 is 11.3 Å². The van der Waals surface area contributed by atoms with E-state index in [1.807, 2.05) is 0 Å². The van der Waals surface area contributed by atoms with Crippen LogP contribution in [0.25, 0.3) is 0 Å². The van der Waals surface area contributed by atoms with Gasteiger partial charge in [-0.25, -0.2) is 4.98 Å². The van der Waals surface area contributed by atoms with Gasteiger partial charge in [0.25, 0.3) is 0 Å². The van der Waals surface area contributed by atoms with Crippen LogP contribution < -0.4 is 20.5 Å². The minimum absolute atomic E-state index is 0.0703. The predicted octanol–water partition coefficient (Wildman–Crippen LogP) is 2.86. The van der Waals surface area contributed by atoms with Crippen LogP contribution in [0.5, 0.6) is 11.5 Å². The highest BCUT2D eigenvalue weighted by atomic mass is 32.1. The zero-order valence-corrected chi connectivity index (χ0v) is 12.5. The van der Waals surface area contributed by atoms with Crippen LogP contribution in [0.1, 0.15) is 4.88 Å². The number of ether oxygens (including phenoxy) is 2. The summed E-state index contributed by atoms with van der Waals surface area (Å²) in [4.78, 5) is 16.2. The Hall–Kier alpha value is -2.56. The number of rotatable bonds is 3. The molecular formula is C13H9F4N3O3S. The number of nitrogens with zero attached hydrogens (tertiary/aromatic N) is 1. The largest absolute Gasteiger partial charge is 0.507 e. The Morgan fingerprint density at radius 2 is 1.88 bits per heavy atom. The fourth-order valence-electron chi connectivity index (χ4n) is 1.91. The second-order valence-corrected chi connectivity index (χ2v) is 5.72. The number of hydrogen-bond acceptors (Lipinski definition) is 6. The smallest absolute Gasteiger partial charge is 0.421 e. The molecule has 2 aromatic rings. The van der Waals surface area contributed by atoms with E-state index in [4.69, 9.17) is 5.73 Å². The lowest BCUT2D eigenvalue weighted by molar-refractivity contribution is -0.391. The summed E-state index contributed by atoms with van der Waals surface area (Å²) in [5, 5.41) is 2.42. The van der Waals surface area contributed by atoms with E-state index < -0.39 is 29.6 Å². The first-order valence-electron chi connectivity index (χ1n) is 6.43. The van der Waals surface area contributed by atoms with Gasteiger partial charge in [0.1, 0.15) is 5.82 Å². The first kappa shape index (κ1) is 16.3. The number of nitrogens with one attached hydrogen (secondary N) is 1. The minimum Gasteiger partial charge on any atom is -0.421 e. The van der Waals surface area contributed by atoms with E-state index in [0.29, 0.717) is 4.88 Å². The molecule has 1 amide bonds. The highest BCUT2D eigenvalue weighted by Crippen LogP contribution is 2.47. The number of nitrogen functional groups attached to an aromatic ring is 1. The van der Waals surface area contributed by atoms with Crippen molar-refractivity contribution in [3.05, 3.63) is 28.6 Å². The third-order valence-corrected chi connectivity index (χ3v) is 3.88. The Kier molecular flexibility index (Phi) is 3.74. The van der Waals surface area contributed by atoms with Gasteiger partial charge in [-0.05, 0) is 12.1 Å². The van der Waals surface area contributed by atoms with Gasteiger partial charge in [0.2, 0.25) is 5.91 Å². The molecule has 0 fully saturated rings. The topological polar surface area (TPSA) is 86.5 Å². The molecule has 0 saturated heterocycles. The molecule has 24 heavy (non-hydrogen) atoms. The highest BCUT2D eigenvalue weighted by Gasteiger charge is 2.65. The third kappa shape index (κ3) is 2.94. The fourth-order valence-corrected chi connectivity index (χ4v) is 2.59. The van der Waals surface area contributed by atoms with Gasteiger partial charge >= 0.3 is 12.2 Å². The summed E-state index contributed by atoms with van der Waals surface area (Å²) in [7, 11) is 0. The van der Waals surface area contributed by atoms with E-state index >= 15 is 0 Å². The summed E-state index contributed by atoms with van der Waals surface area (Å²) in [6.07, 6.45) is -9.67. The first-order valence-corrected chi connectivity index (χ1v) is 7.31. The predicted molar refractivity (Wildman–Crippen MR) is 76.5 cm³/mol. The van der Waals surface area contributed by atoms with Crippen molar-refractivity contribution in [3.8, 4) is 11.5 Å². The number of carbonyl (C=O) groups is 1. The summed E-state index contributed by atoms with van der Waals surface area (Å²) in [5.74, 6) is -1.43. The number of nitrogens with two attached hydrogens (primary N) is 1. The maximum atomic E-state index is 13.1. The third-order valence-electron chi connectivity index (χ3n) is 3.04. The van der Waals surface area contributed by atoms with E-state index in [9.17, 15) is 22.4 Å². The number of benzene rings is 1. The summed E-state index contributed by atoms with van der Waals surface area (Å²) >= 11 is 1.19. The monoisotopic (exact) mass is 363 g/mol. The van der Waals surface area contributed by atoms with E-state index in [1.54, 1.807) is 0 Å². The maximum Gasteiger partial charge on any atom is 0.507 e. The van der Waals surface area contributed by atoms with Gasteiger partial charge in [0.15, 0.2) is 11.5 Å². The van der Waals surface area contributed by atoms with E-state index in [2.05, 4.69) is 19.8 Å². The average molecular weight is 363 g/mol. The Balaban J connectivity index is 1.75. The summed E-state index contributed by atoms with van der Waals surface area (Å²) in [6.45, 7) is 0. The quantitative estimate of drug-likeness (QED) is 0.819. The van der Waals surface area contributed by atoms with Gasteiger partial charge in [-0.1, -0.05) is 0 Å². The molecule has 3 N–H and O–H groups in total. The SMILES string of the molecule is Nc1ncsc1CC(=O)Nc1ccc2c(c1)OC(F)(F)C(F)(F)O2. The second kappa shape index (κ2) is 5.51. The van der Waals surface area contributed by atoms with E-state index in [1.165, 1.54) is 22.9 Å². The number of aromatic nitrogens is 1. The average Bonchev–Trinajstić information content (AvgIpc) is 2.85. The summed E-state index contributed by atoms with van der Waals surface area (Å²) < 4.78 is 60.3. The number of thiazole rings is 1. The van der Waals surface area contributed by atoms with Crippen LogP contribution in [0.3, 0.4) is 0 Å². The lowest BCUT2D eigenvalue weighted by Gasteiger charge is -2.31. The summed E-state index contributed by atoms with van der Waals surface area (Å²) in [5.41, 5.74) is 7.11. The molecule has 0 unspecified atom stereocenters. The number of hydrogen-bond donors (Lipinski definition) is 2. The number of amides is 1. The zero-order valence-electron chi connectivity index (χ0n) is 11.7. The standard InChI is InChI=1S/C13H9F4N3O3S/c14-12(15)13(16,17)23-8-3-6(1-2-7(8)22-12)20-10(21)4-9-11(18)19-5-24-9/h1-3,5H,4,18H2,(H,20,21). The zero-order chi connectivity index (χ0) is 17.5. The molecule has 0 aliphatic carbocycles. The fraction of sp³-hybridized carbons (Fsp3) is 0.231. The van der Waals surface area contributed by atoms with E-state index in [0.717, 1.165) is 12.1 Å². The van der Waals surface area contributed by atoms with Gasteiger partial charge in [0, 0.05) is 11.8 Å². The van der Waals surface area contributed by atoms with Gasteiger partial charge in [0.05, 0.1) is 16.8 Å². The molecule has 0 bridgehead atoms. The van der Waals surface area contributed by atoms with Crippen LogP contribution in [0.4, 0.5) is 29.1 Å². The van der Waals surface area contributed by atoms with Crippen LogP contribution in [0, 0.1) is 0 Å². The molecular weight excluding hydrogens is 354 g/mol. The maximum absolute atomic E-state index is 13.1. The van der Waals surface area contributed by atoms with Crippen LogP contribution in [-0.2, 0) is 11.2 Å². The molecule has 1 aromatic carbocycles. The molecule has 0 atom stereocenters.